The first kappa shape index (κ1) is 27.2. The first-order valence-corrected chi connectivity index (χ1v) is 13.8. The highest BCUT2D eigenvalue weighted by Gasteiger charge is 2.27. The number of anilines is 1. The van der Waals surface area contributed by atoms with Gasteiger partial charge < -0.3 is 4.57 Å². The second kappa shape index (κ2) is 11.2. The summed E-state index contributed by atoms with van der Waals surface area (Å²) < 4.78 is 30.0. The molecule has 0 aliphatic rings. The average Bonchev–Trinajstić information content (AvgIpc) is 3.16. The zero-order valence-corrected chi connectivity index (χ0v) is 23.2. The van der Waals surface area contributed by atoms with Gasteiger partial charge in [0.15, 0.2) is 0 Å². The highest BCUT2D eigenvalue weighted by Crippen LogP contribution is 2.26. The minimum atomic E-state index is -4.03. The number of carbonyl (C=O) groups excluding carboxylic acids is 1. The van der Waals surface area contributed by atoms with Crippen LogP contribution in [0.5, 0.6) is 0 Å². The van der Waals surface area contributed by atoms with Crippen molar-refractivity contribution in [3.63, 3.8) is 0 Å². The molecule has 0 spiro atoms. The maximum atomic E-state index is 13.4. The van der Waals surface area contributed by atoms with E-state index in [0.717, 1.165) is 38.1 Å². The van der Waals surface area contributed by atoms with Crippen LogP contribution in [0.25, 0.3) is 5.69 Å². The van der Waals surface area contributed by atoms with Crippen molar-refractivity contribution in [2.45, 2.75) is 32.6 Å². The third-order valence-electron chi connectivity index (χ3n) is 6.26. The lowest BCUT2D eigenvalue weighted by Crippen LogP contribution is -2.39. The monoisotopic (exact) mass is 548 g/mol. The van der Waals surface area contributed by atoms with Crippen LogP contribution in [0.2, 0.25) is 5.02 Å². The van der Waals surface area contributed by atoms with Gasteiger partial charge in [0.05, 0.1) is 22.5 Å². The minimum absolute atomic E-state index is 0.0287. The number of amides is 1. The molecule has 0 saturated heterocycles. The number of aryl methyl sites for hydroxylation is 3. The Morgan fingerprint density at radius 2 is 1.58 bits per heavy atom. The first-order chi connectivity index (χ1) is 18.1. The van der Waals surface area contributed by atoms with E-state index in [4.69, 9.17) is 11.6 Å². The van der Waals surface area contributed by atoms with Crippen LogP contribution in [-0.4, -0.2) is 31.7 Å². The molecule has 7 nitrogen and oxygen atoms in total. The second-order valence-corrected chi connectivity index (χ2v) is 11.3. The van der Waals surface area contributed by atoms with Crippen molar-refractivity contribution < 1.29 is 13.2 Å². The van der Waals surface area contributed by atoms with Gasteiger partial charge in [0, 0.05) is 22.0 Å². The van der Waals surface area contributed by atoms with Crippen LogP contribution in [0, 0.1) is 27.7 Å². The summed E-state index contributed by atoms with van der Waals surface area (Å²) in [5.74, 6) is -0.578. The molecule has 3 aromatic carbocycles. The van der Waals surface area contributed by atoms with Gasteiger partial charge in [-0.3, -0.25) is 9.10 Å². The minimum Gasteiger partial charge on any atom is -0.317 e. The van der Waals surface area contributed by atoms with Crippen molar-refractivity contribution >= 4 is 39.4 Å². The van der Waals surface area contributed by atoms with E-state index in [1.807, 2.05) is 26.0 Å². The van der Waals surface area contributed by atoms with Crippen LogP contribution >= 0.6 is 11.6 Å². The van der Waals surface area contributed by atoms with Crippen molar-refractivity contribution in [3.8, 4) is 5.69 Å². The highest BCUT2D eigenvalue weighted by molar-refractivity contribution is 7.92. The van der Waals surface area contributed by atoms with Crippen LogP contribution < -0.4 is 9.73 Å². The summed E-state index contributed by atoms with van der Waals surface area (Å²) in [7, 11) is -4.03. The summed E-state index contributed by atoms with van der Waals surface area (Å²) in [6.45, 7) is 7.72. The van der Waals surface area contributed by atoms with Crippen molar-refractivity contribution in [1.82, 2.24) is 9.99 Å². The number of hydrogen-bond donors (Lipinski definition) is 1. The molecule has 38 heavy (non-hydrogen) atoms. The van der Waals surface area contributed by atoms with Gasteiger partial charge >= 0.3 is 0 Å². The Labute approximate surface area is 228 Å². The van der Waals surface area contributed by atoms with E-state index in [0.29, 0.717) is 10.7 Å². The number of carbonyl (C=O) groups is 1. The summed E-state index contributed by atoms with van der Waals surface area (Å²) in [5.41, 5.74) is 9.14. The molecule has 0 atom stereocenters. The molecule has 9 heteroatoms. The summed E-state index contributed by atoms with van der Waals surface area (Å²) in [5, 5.41) is 4.55. The highest BCUT2D eigenvalue weighted by atomic mass is 35.5. The Morgan fingerprint density at radius 1 is 0.947 bits per heavy atom. The Morgan fingerprint density at radius 3 is 2.21 bits per heavy atom. The molecular formula is C29H29ClN4O3S. The van der Waals surface area contributed by atoms with Crippen LogP contribution in [0.1, 0.15) is 28.1 Å². The molecule has 4 rings (SSSR count). The van der Waals surface area contributed by atoms with Gasteiger partial charge in [-0.05, 0) is 81.3 Å². The molecule has 1 aromatic heterocycles. The number of para-hydroxylation sites is 2. The topological polar surface area (TPSA) is 83.8 Å². The molecule has 0 fully saturated rings. The second-order valence-electron chi connectivity index (χ2n) is 9.00. The number of hydrazone groups is 1. The molecule has 196 valence electrons. The predicted octanol–water partition coefficient (Wildman–Crippen LogP) is 5.71. The van der Waals surface area contributed by atoms with E-state index in [2.05, 4.69) is 41.1 Å². The molecule has 1 heterocycles. The number of nitrogens with one attached hydrogen (secondary N) is 1. The number of rotatable bonds is 8. The fourth-order valence-corrected chi connectivity index (χ4v) is 5.95. The predicted molar refractivity (Wildman–Crippen MR) is 153 cm³/mol. The van der Waals surface area contributed by atoms with Crippen molar-refractivity contribution in [2.75, 3.05) is 10.8 Å². The molecular weight excluding hydrogens is 520 g/mol. The molecule has 0 radical (unpaired) electrons. The number of aromatic nitrogens is 1. The third kappa shape index (κ3) is 5.66. The van der Waals surface area contributed by atoms with Gasteiger partial charge in [-0.1, -0.05) is 48.0 Å². The van der Waals surface area contributed by atoms with E-state index in [1.54, 1.807) is 36.5 Å². The fourth-order valence-electron chi connectivity index (χ4n) is 4.40. The quantitative estimate of drug-likeness (QED) is 0.226. The number of nitrogens with zero attached hydrogens (tertiary/aromatic N) is 3. The zero-order chi connectivity index (χ0) is 27.4. The molecule has 0 bridgehead atoms. The van der Waals surface area contributed by atoms with Gasteiger partial charge in [-0.15, -0.1) is 0 Å². The molecule has 4 aromatic rings. The summed E-state index contributed by atoms with van der Waals surface area (Å²) in [6.07, 6.45) is 1.57. The summed E-state index contributed by atoms with van der Waals surface area (Å²) in [4.78, 5) is 12.9. The van der Waals surface area contributed by atoms with Crippen LogP contribution in [0.4, 0.5) is 5.69 Å². The summed E-state index contributed by atoms with van der Waals surface area (Å²) in [6, 6.07) is 22.5. The van der Waals surface area contributed by atoms with E-state index in [9.17, 15) is 13.2 Å². The molecule has 0 aliphatic heterocycles. The lowest BCUT2D eigenvalue weighted by molar-refractivity contribution is -0.119. The molecule has 0 unspecified atom stereocenters. The van der Waals surface area contributed by atoms with Gasteiger partial charge in [0.1, 0.15) is 6.54 Å². The van der Waals surface area contributed by atoms with Crippen LogP contribution in [0.3, 0.4) is 0 Å². The van der Waals surface area contributed by atoms with E-state index >= 15 is 0 Å². The average molecular weight is 549 g/mol. The van der Waals surface area contributed by atoms with E-state index in [-0.39, 0.29) is 4.90 Å². The normalized spacial score (nSPS) is 11.6. The Hall–Kier alpha value is -3.88. The molecule has 0 saturated carbocycles. The van der Waals surface area contributed by atoms with Gasteiger partial charge in [0.2, 0.25) is 0 Å². The summed E-state index contributed by atoms with van der Waals surface area (Å²) >= 11 is 5.93. The van der Waals surface area contributed by atoms with Gasteiger partial charge in [0.25, 0.3) is 15.9 Å². The van der Waals surface area contributed by atoms with Crippen LogP contribution in [-0.2, 0) is 14.8 Å². The zero-order valence-electron chi connectivity index (χ0n) is 21.6. The molecule has 1 amide bonds. The molecule has 0 aliphatic carbocycles. The Bertz CT molecular complexity index is 1570. The Balaban J connectivity index is 1.55. The third-order valence-corrected chi connectivity index (χ3v) is 8.30. The van der Waals surface area contributed by atoms with Gasteiger partial charge in [-0.2, -0.15) is 5.10 Å². The number of benzene rings is 3. The SMILES string of the molecule is Cc1cccc(C)c1-n1c(C)cc(/C=N\NC(=O)CN(c2ccccc2)S(=O)(=O)c2ccc(Cl)cc2)c1C. The molecule has 1 N–H and O–H groups in total. The van der Waals surface area contributed by atoms with Crippen molar-refractivity contribution in [3.05, 3.63) is 112 Å². The standard InChI is InChI=1S/C29H29ClN4O3S/c1-20-9-8-10-21(2)29(20)34-22(3)17-24(23(34)4)18-31-32-28(35)19-33(26-11-6-5-7-12-26)38(36,37)27-15-13-25(30)14-16-27/h5-18H,19H2,1-4H3,(H,32,35)/b31-18-. The number of hydrogen-bond acceptors (Lipinski definition) is 4. The number of halogens is 1. The van der Waals surface area contributed by atoms with Crippen LogP contribution in [0.15, 0.2) is 88.9 Å². The van der Waals surface area contributed by atoms with Gasteiger partial charge in [-0.25, -0.2) is 13.8 Å². The van der Waals surface area contributed by atoms with Crippen molar-refractivity contribution in [1.29, 1.82) is 0 Å². The maximum Gasteiger partial charge on any atom is 0.264 e. The van der Waals surface area contributed by atoms with E-state index < -0.39 is 22.5 Å². The van der Waals surface area contributed by atoms with Crippen molar-refractivity contribution in [2.24, 2.45) is 5.10 Å². The fraction of sp³-hybridized carbons (Fsp3) is 0.172. The first-order valence-electron chi connectivity index (χ1n) is 12.0. The lowest BCUT2D eigenvalue weighted by atomic mass is 10.1. The largest absolute Gasteiger partial charge is 0.317 e. The maximum absolute atomic E-state index is 13.4. The smallest absolute Gasteiger partial charge is 0.264 e. The Kier molecular flexibility index (Phi) is 8.04. The number of sulfonamides is 1. The lowest BCUT2D eigenvalue weighted by Gasteiger charge is -2.23. The van der Waals surface area contributed by atoms with E-state index in [1.165, 1.54) is 24.3 Å².